The molecule has 1 aliphatic rings. The topological polar surface area (TPSA) is 100 Å². The molecule has 0 aliphatic heterocycles. The summed E-state index contributed by atoms with van der Waals surface area (Å²) in [5.74, 6) is -0.776. The molecule has 0 saturated heterocycles. The standard InChI is InChI=1S/C19H21F3N4O3/c1-18(2,29)12-9-14-11(10-26(25-14)6-7-27)8-15(12)24-17(28)13-4-3-5-16(23-13)19(20,21)22/h3-5,9-10,15,27,29H,6-8H2,1-2H3,(H,24,28). The lowest BCUT2D eigenvalue weighted by atomic mass is 9.83. The number of hydrogen-bond acceptors (Lipinski definition) is 5. The molecule has 156 valence electrons. The number of carbonyl (C=O) groups is 1. The zero-order valence-corrected chi connectivity index (χ0v) is 15.9. The van der Waals surface area contributed by atoms with Crippen molar-refractivity contribution in [2.24, 2.45) is 0 Å². The molecule has 1 atom stereocenters. The Hall–Kier alpha value is -2.72. The number of nitrogens with zero attached hydrogens (tertiary/aromatic N) is 3. The van der Waals surface area contributed by atoms with Gasteiger partial charge in [0, 0.05) is 12.6 Å². The summed E-state index contributed by atoms with van der Waals surface area (Å²) in [5, 5.41) is 26.6. The van der Waals surface area contributed by atoms with E-state index in [-0.39, 0.29) is 12.3 Å². The van der Waals surface area contributed by atoms with E-state index in [1.165, 1.54) is 6.07 Å². The van der Waals surface area contributed by atoms with Gasteiger partial charge >= 0.3 is 6.18 Å². The van der Waals surface area contributed by atoms with Crippen LogP contribution in [0.15, 0.2) is 30.0 Å². The molecule has 0 aromatic carbocycles. The van der Waals surface area contributed by atoms with E-state index < -0.39 is 29.4 Å². The molecule has 1 unspecified atom stereocenters. The average molecular weight is 410 g/mol. The first-order chi connectivity index (χ1) is 13.5. The molecule has 0 bridgehead atoms. The number of aliphatic hydroxyl groups is 2. The van der Waals surface area contributed by atoms with Crippen LogP contribution in [-0.2, 0) is 19.1 Å². The minimum atomic E-state index is -4.66. The number of aromatic nitrogens is 3. The number of alkyl halides is 3. The third kappa shape index (κ3) is 4.65. The van der Waals surface area contributed by atoms with Crippen LogP contribution in [0.25, 0.3) is 6.08 Å². The highest BCUT2D eigenvalue weighted by Gasteiger charge is 2.35. The van der Waals surface area contributed by atoms with Gasteiger partial charge in [-0.2, -0.15) is 18.3 Å². The van der Waals surface area contributed by atoms with E-state index in [2.05, 4.69) is 15.4 Å². The normalized spacial score (nSPS) is 16.9. The Morgan fingerprint density at radius 1 is 1.34 bits per heavy atom. The Morgan fingerprint density at radius 3 is 2.69 bits per heavy atom. The lowest BCUT2D eigenvalue weighted by molar-refractivity contribution is -0.141. The van der Waals surface area contributed by atoms with E-state index in [0.29, 0.717) is 24.2 Å². The molecule has 0 saturated carbocycles. The third-order valence-corrected chi connectivity index (χ3v) is 4.57. The van der Waals surface area contributed by atoms with E-state index in [1.54, 1.807) is 30.8 Å². The van der Waals surface area contributed by atoms with E-state index in [1.807, 2.05) is 0 Å². The van der Waals surface area contributed by atoms with E-state index >= 15 is 0 Å². The van der Waals surface area contributed by atoms with Crippen molar-refractivity contribution >= 4 is 12.0 Å². The van der Waals surface area contributed by atoms with Gasteiger partial charge in [-0.15, -0.1) is 0 Å². The minimum absolute atomic E-state index is 0.0932. The molecule has 3 rings (SSSR count). The highest BCUT2D eigenvalue weighted by atomic mass is 19.4. The van der Waals surface area contributed by atoms with Gasteiger partial charge in [0.05, 0.1) is 30.5 Å². The average Bonchev–Trinajstić information content (AvgIpc) is 3.01. The highest BCUT2D eigenvalue weighted by molar-refractivity contribution is 5.93. The maximum Gasteiger partial charge on any atom is 0.433 e. The van der Waals surface area contributed by atoms with Gasteiger partial charge in [0.1, 0.15) is 11.4 Å². The number of halogens is 3. The van der Waals surface area contributed by atoms with Crippen molar-refractivity contribution in [3.05, 3.63) is 52.6 Å². The molecule has 7 nitrogen and oxygen atoms in total. The van der Waals surface area contributed by atoms with E-state index in [9.17, 15) is 23.1 Å². The largest absolute Gasteiger partial charge is 0.433 e. The first-order valence-electron chi connectivity index (χ1n) is 8.96. The van der Waals surface area contributed by atoms with Crippen LogP contribution >= 0.6 is 0 Å². The number of nitrogens with one attached hydrogen (secondary N) is 1. The van der Waals surface area contributed by atoms with Crippen LogP contribution < -0.4 is 5.32 Å². The zero-order valence-electron chi connectivity index (χ0n) is 15.9. The molecule has 3 N–H and O–H groups in total. The number of aliphatic hydroxyl groups excluding tert-OH is 1. The molecule has 29 heavy (non-hydrogen) atoms. The van der Waals surface area contributed by atoms with Crippen molar-refractivity contribution in [1.82, 2.24) is 20.1 Å². The number of amides is 1. The predicted molar refractivity (Wildman–Crippen MR) is 97.8 cm³/mol. The molecule has 2 aromatic heterocycles. The Bertz CT molecular complexity index is 945. The number of hydrogen-bond donors (Lipinski definition) is 3. The van der Waals surface area contributed by atoms with Crippen molar-refractivity contribution in [1.29, 1.82) is 0 Å². The molecule has 0 spiro atoms. The molecule has 10 heteroatoms. The summed E-state index contributed by atoms with van der Waals surface area (Å²) in [6, 6.07) is 2.46. The molecule has 0 radical (unpaired) electrons. The minimum Gasteiger partial charge on any atom is -0.394 e. The van der Waals surface area contributed by atoms with E-state index in [0.717, 1.165) is 17.7 Å². The number of rotatable bonds is 5. The Balaban J connectivity index is 1.88. The van der Waals surface area contributed by atoms with Crippen LogP contribution in [0.1, 0.15) is 41.3 Å². The number of pyridine rings is 1. The van der Waals surface area contributed by atoms with Crippen molar-refractivity contribution in [2.45, 2.75) is 44.6 Å². The van der Waals surface area contributed by atoms with Crippen molar-refractivity contribution in [3.8, 4) is 0 Å². The summed E-state index contributed by atoms with van der Waals surface area (Å²) in [5.41, 5.74) is -0.944. The summed E-state index contributed by atoms with van der Waals surface area (Å²) >= 11 is 0. The van der Waals surface area contributed by atoms with Gasteiger partial charge in [-0.1, -0.05) is 6.07 Å². The maximum absolute atomic E-state index is 12.9. The lowest BCUT2D eigenvalue weighted by Gasteiger charge is -2.32. The van der Waals surface area contributed by atoms with Crippen LogP contribution in [-0.4, -0.2) is 49.1 Å². The fourth-order valence-electron chi connectivity index (χ4n) is 3.23. The lowest BCUT2D eigenvalue weighted by Crippen LogP contribution is -2.45. The fraction of sp³-hybridized carbons (Fsp3) is 0.421. The summed E-state index contributed by atoms with van der Waals surface area (Å²) in [6.45, 7) is 3.31. The van der Waals surface area contributed by atoms with Crippen LogP contribution in [0.5, 0.6) is 0 Å². The molecular weight excluding hydrogens is 389 g/mol. The third-order valence-electron chi connectivity index (χ3n) is 4.57. The van der Waals surface area contributed by atoms with Gasteiger partial charge < -0.3 is 15.5 Å². The van der Waals surface area contributed by atoms with Crippen LogP contribution in [0.3, 0.4) is 0 Å². The van der Waals surface area contributed by atoms with Crippen molar-refractivity contribution in [3.63, 3.8) is 0 Å². The number of carbonyl (C=O) groups excluding carboxylic acids is 1. The molecule has 1 amide bonds. The molecule has 1 aliphatic carbocycles. The van der Waals surface area contributed by atoms with Crippen molar-refractivity contribution in [2.75, 3.05) is 6.61 Å². The second kappa shape index (κ2) is 7.60. The van der Waals surface area contributed by atoms with E-state index in [4.69, 9.17) is 5.11 Å². The van der Waals surface area contributed by atoms with Gasteiger partial charge in [0.2, 0.25) is 0 Å². The van der Waals surface area contributed by atoms with Crippen LogP contribution in [0.2, 0.25) is 0 Å². The summed E-state index contributed by atoms with van der Waals surface area (Å²) in [7, 11) is 0. The second-order valence-corrected chi connectivity index (χ2v) is 7.32. The predicted octanol–water partition coefficient (Wildman–Crippen LogP) is 1.80. The first-order valence-corrected chi connectivity index (χ1v) is 8.96. The molecule has 2 heterocycles. The number of fused-ring (bicyclic) bond motifs is 1. The second-order valence-electron chi connectivity index (χ2n) is 7.32. The zero-order chi connectivity index (χ0) is 21.4. The maximum atomic E-state index is 12.9. The Kier molecular flexibility index (Phi) is 5.50. The van der Waals surface area contributed by atoms with Crippen molar-refractivity contribution < 1.29 is 28.2 Å². The van der Waals surface area contributed by atoms with Gasteiger partial charge in [-0.05, 0) is 43.2 Å². The van der Waals surface area contributed by atoms with Gasteiger partial charge in [0.15, 0.2) is 0 Å². The van der Waals surface area contributed by atoms with Crippen LogP contribution in [0.4, 0.5) is 13.2 Å². The smallest absolute Gasteiger partial charge is 0.394 e. The summed E-state index contributed by atoms with van der Waals surface area (Å²) in [6.07, 6.45) is -0.987. The Morgan fingerprint density at radius 2 is 2.07 bits per heavy atom. The van der Waals surface area contributed by atoms with Gasteiger partial charge in [0.25, 0.3) is 5.91 Å². The molecule has 2 aromatic rings. The molecule has 0 fully saturated rings. The van der Waals surface area contributed by atoms with Gasteiger partial charge in [-0.3, -0.25) is 9.48 Å². The monoisotopic (exact) mass is 410 g/mol. The quantitative estimate of drug-likeness (QED) is 0.698. The first kappa shape index (κ1) is 21.0. The van der Waals surface area contributed by atoms with Crippen LogP contribution in [0, 0.1) is 0 Å². The Labute approximate surface area is 164 Å². The SMILES string of the molecule is CC(C)(O)C1=Cc2nn(CCO)cc2CC1NC(=O)c1cccc(C(F)(F)F)n1. The highest BCUT2D eigenvalue weighted by Crippen LogP contribution is 2.31. The molecular formula is C19H21F3N4O3. The fourth-order valence-corrected chi connectivity index (χ4v) is 3.23. The van der Waals surface area contributed by atoms with Gasteiger partial charge in [-0.25, -0.2) is 4.98 Å². The summed E-state index contributed by atoms with van der Waals surface area (Å²) < 4.78 is 40.2. The summed E-state index contributed by atoms with van der Waals surface area (Å²) in [4.78, 5) is 16.0.